The molecule has 2 unspecified atom stereocenters. The molecule has 0 radical (unpaired) electrons. The molecule has 8 nitrogen and oxygen atoms in total. The van der Waals surface area contributed by atoms with Crippen molar-refractivity contribution in [1.29, 1.82) is 0 Å². The number of rotatable bonds is 12. The summed E-state index contributed by atoms with van der Waals surface area (Å²) < 4.78 is 46.4. The Kier molecular flexibility index (Phi) is 9.95. The Morgan fingerprint density at radius 3 is 2.52 bits per heavy atom. The highest BCUT2D eigenvalue weighted by Crippen LogP contribution is 2.38. The molecular weight excluding hydrogens is 547 g/mol. The number of benzene rings is 2. The Morgan fingerprint density at radius 2 is 1.90 bits per heavy atom. The van der Waals surface area contributed by atoms with E-state index < -0.39 is 23.7 Å². The Labute approximate surface area is 242 Å². The lowest BCUT2D eigenvalue weighted by Crippen LogP contribution is -2.23. The van der Waals surface area contributed by atoms with Crippen molar-refractivity contribution in [2.24, 2.45) is 11.7 Å². The fourth-order valence-corrected chi connectivity index (χ4v) is 4.52. The van der Waals surface area contributed by atoms with Crippen LogP contribution in [0.15, 0.2) is 54.6 Å². The van der Waals surface area contributed by atoms with Crippen LogP contribution in [0.1, 0.15) is 61.1 Å². The summed E-state index contributed by atoms with van der Waals surface area (Å²) in [6.45, 7) is 5.43. The number of halogens is 3. The summed E-state index contributed by atoms with van der Waals surface area (Å²) in [7, 11) is 0. The quantitative estimate of drug-likeness (QED) is 0.217. The number of carbonyl (C=O) groups excluding carboxylic acids is 2. The third kappa shape index (κ3) is 7.94. The number of carbonyl (C=O) groups is 2. The van der Waals surface area contributed by atoms with Crippen LogP contribution in [0.2, 0.25) is 0 Å². The molecule has 4 rings (SSSR count). The minimum atomic E-state index is -4.48. The summed E-state index contributed by atoms with van der Waals surface area (Å²) in [6, 6.07) is 11.0. The van der Waals surface area contributed by atoms with Gasteiger partial charge < -0.3 is 25.9 Å². The lowest BCUT2D eigenvalue weighted by Gasteiger charge is -2.19. The van der Waals surface area contributed by atoms with E-state index in [-0.39, 0.29) is 11.5 Å². The van der Waals surface area contributed by atoms with E-state index in [0.29, 0.717) is 60.3 Å². The van der Waals surface area contributed by atoms with Crippen molar-refractivity contribution in [3.63, 3.8) is 0 Å². The summed E-state index contributed by atoms with van der Waals surface area (Å²) in [6.07, 6.45) is 1.24. The number of nitrogens with zero attached hydrogens (tertiary/aromatic N) is 2. The van der Waals surface area contributed by atoms with Crippen LogP contribution in [-0.4, -0.2) is 41.3 Å². The fourth-order valence-electron chi connectivity index (χ4n) is 4.52. The van der Waals surface area contributed by atoms with E-state index in [1.165, 1.54) is 12.1 Å². The molecule has 42 heavy (non-hydrogen) atoms. The van der Waals surface area contributed by atoms with Crippen molar-refractivity contribution in [3.05, 3.63) is 71.4 Å². The topological polar surface area (TPSA) is 119 Å². The van der Waals surface area contributed by atoms with Crippen molar-refractivity contribution in [1.82, 2.24) is 15.3 Å². The van der Waals surface area contributed by atoms with Gasteiger partial charge in [-0.3, -0.25) is 4.79 Å². The first-order valence-corrected chi connectivity index (χ1v) is 13.9. The fraction of sp³-hybridized carbons (Fsp3) is 0.355. The second-order valence-corrected chi connectivity index (χ2v) is 10.3. The number of aromatic nitrogens is 2. The highest BCUT2D eigenvalue weighted by atomic mass is 19.4. The molecular formula is C31H34F3N5O3. The van der Waals surface area contributed by atoms with Gasteiger partial charge in [0.05, 0.1) is 11.6 Å². The average Bonchev–Trinajstić information content (AvgIpc) is 2.99. The van der Waals surface area contributed by atoms with Crippen molar-refractivity contribution in [2.45, 2.75) is 51.7 Å². The lowest BCUT2D eigenvalue weighted by molar-refractivity contribution is -0.137. The zero-order chi connectivity index (χ0) is 30.3. The minimum Gasteiger partial charge on any atom is -0.457 e. The molecule has 0 saturated heterocycles. The molecule has 4 N–H and O–H groups in total. The maximum Gasteiger partial charge on any atom is 0.416 e. The molecule has 0 fully saturated rings. The standard InChI is InChI=1S/C31H34F3N5O3/c1-3-19(2)4-8-23(18-40)37-28-17-26(29(35)41)38-30(39-28)21-5-9-24(10-6-21)42-27-11-7-22(31(32,33)34)16-25(27)20-12-14-36-15-13-20/h5-7,9-12,16-19,23,36H,3-4,8,13-15H2,1-2H3,(H2,35,41)(H,37,38,39). The zero-order valence-corrected chi connectivity index (χ0v) is 23.5. The third-order valence-electron chi connectivity index (χ3n) is 7.20. The predicted octanol–water partition coefficient (Wildman–Crippen LogP) is 6.24. The highest BCUT2D eigenvalue weighted by molar-refractivity contribution is 5.92. The maximum atomic E-state index is 13.4. The van der Waals surface area contributed by atoms with Gasteiger partial charge in [0, 0.05) is 23.7 Å². The van der Waals surface area contributed by atoms with Gasteiger partial charge in [-0.2, -0.15) is 13.2 Å². The van der Waals surface area contributed by atoms with Crippen molar-refractivity contribution < 1.29 is 27.5 Å². The Hall–Kier alpha value is -4.25. The number of ether oxygens (including phenoxy) is 1. The van der Waals surface area contributed by atoms with E-state index >= 15 is 0 Å². The Bertz CT molecular complexity index is 1440. The van der Waals surface area contributed by atoms with E-state index in [1.807, 2.05) is 6.08 Å². The molecule has 1 aliphatic heterocycles. The van der Waals surface area contributed by atoms with Crippen LogP contribution in [0.3, 0.4) is 0 Å². The summed E-state index contributed by atoms with van der Waals surface area (Å²) in [5, 5.41) is 6.23. The van der Waals surface area contributed by atoms with Crippen LogP contribution in [0.25, 0.3) is 17.0 Å². The summed E-state index contributed by atoms with van der Waals surface area (Å²) >= 11 is 0. The molecule has 2 aromatic carbocycles. The predicted molar refractivity (Wildman–Crippen MR) is 155 cm³/mol. The molecule has 3 aromatic rings. The smallest absolute Gasteiger partial charge is 0.416 e. The zero-order valence-electron chi connectivity index (χ0n) is 23.5. The normalized spacial score (nSPS) is 14.9. The third-order valence-corrected chi connectivity index (χ3v) is 7.20. The Balaban J connectivity index is 1.59. The molecule has 0 spiro atoms. The Morgan fingerprint density at radius 1 is 1.14 bits per heavy atom. The second-order valence-electron chi connectivity index (χ2n) is 10.3. The molecule has 1 aromatic heterocycles. The van der Waals surface area contributed by atoms with Crippen molar-refractivity contribution >= 4 is 23.6 Å². The van der Waals surface area contributed by atoms with Gasteiger partial charge in [0.1, 0.15) is 29.3 Å². The molecule has 0 bridgehead atoms. The molecule has 222 valence electrons. The van der Waals surface area contributed by atoms with Crippen molar-refractivity contribution in [3.8, 4) is 22.9 Å². The van der Waals surface area contributed by atoms with Crippen molar-refractivity contribution in [2.75, 3.05) is 18.4 Å². The number of hydrogen-bond donors (Lipinski definition) is 3. The van der Waals surface area contributed by atoms with E-state index in [1.54, 1.807) is 24.3 Å². The SMILES string of the molecule is CCC(C)CCC(C=O)Nc1cc(C(N)=O)nc(-c2ccc(Oc3ccc(C(F)(F)F)cc3C3=CCNCC3)cc2)n1. The van der Waals surface area contributed by atoms with Crippen LogP contribution >= 0.6 is 0 Å². The number of aldehydes is 1. The van der Waals surface area contributed by atoms with Crippen LogP contribution < -0.4 is 21.1 Å². The number of amides is 1. The molecule has 11 heteroatoms. The number of nitrogens with one attached hydrogen (secondary N) is 2. The lowest BCUT2D eigenvalue weighted by atomic mass is 9.97. The number of anilines is 1. The molecule has 0 aliphatic carbocycles. The van der Waals surface area contributed by atoms with Gasteiger partial charge in [-0.05, 0) is 79.8 Å². The first kappa shape index (κ1) is 30.7. The summed E-state index contributed by atoms with van der Waals surface area (Å²) in [5.41, 5.74) is 6.46. The number of nitrogens with two attached hydrogens (primary N) is 1. The molecule has 1 aliphatic rings. The second kappa shape index (κ2) is 13.6. The van der Waals surface area contributed by atoms with Crippen LogP contribution in [-0.2, 0) is 11.0 Å². The highest BCUT2D eigenvalue weighted by Gasteiger charge is 2.31. The minimum absolute atomic E-state index is 0.0148. The van der Waals surface area contributed by atoms with Gasteiger partial charge in [-0.25, -0.2) is 9.97 Å². The van der Waals surface area contributed by atoms with Crippen LogP contribution in [0.5, 0.6) is 11.5 Å². The number of primary amides is 1. The molecule has 2 heterocycles. The first-order chi connectivity index (χ1) is 20.1. The number of alkyl halides is 3. The van der Waals surface area contributed by atoms with E-state index in [4.69, 9.17) is 10.5 Å². The van der Waals surface area contributed by atoms with Gasteiger partial charge >= 0.3 is 6.18 Å². The summed E-state index contributed by atoms with van der Waals surface area (Å²) in [5.74, 6) is 0.921. The molecule has 2 atom stereocenters. The van der Waals surface area contributed by atoms with Gasteiger partial charge in [0.15, 0.2) is 5.82 Å². The van der Waals surface area contributed by atoms with E-state index in [2.05, 4.69) is 34.4 Å². The molecule has 1 amide bonds. The number of hydrogen-bond acceptors (Lipinski definition) is 7. The van der Waals surface area contributed by atoms with Gasteiger partial charge in [-0.1, -0.05) is 26.3 Å². The van der Waals surface area contributed by atoms with Crippen LogP contribution in [0, 0.1) is 5.92 Å². The average molecular weight is 582 g/mol. The monoisotopic (exact) mass is 581 g/mol. The largest absolute Gasteiger partial charge is 0.457 e. The van der Waals surface area contributed by atoms with Gasteiger partial charge in [0.2, 0.25) is 0 Å². The molecule has 0 saturated carbocycles. The van der Waals surface area contributed by atoms with Gasteiger partial charge in [0.25, 0.3) is 5.91 Å². The maximum absolute atomic E-state index is 13.4. The first-order valence-electron chi connectivity index (χ1n) is 13.9. The van der Waals surface area contributed by atoms with E-state index in [0.717, 1.165) is 36.8 Å². The van der Waals surface area contributed by atoms with E-state index in [9.17, 15) is 22.8 Å². The van der Waals surface area contributed by atoms with Gasteiger partial charge in [-0.15, -0.1) is 0 Å². The summed E-state index contributed by atoms with van der Waals surface area (Å²) in [4.78, 5) is 32.4. The van der Waals surface area contributed by atoms with Crippen LogP contribution in [0.4, 0.5) is 19.0 Å².